The van der Waals surface area contributed by atoms with Crippen molar-refractivity contribution < 1.29 is 4.79 Å². The Bertz CT molecular complexity index is 689. The summed E-state index contributed by atoms with van der Waals surface area (Å²) in [5, 5.41) is 5.70. The van der Waals surface area contributed by atoms with E-state index in [-0.39, 0.29) is 11.0 Å². The van der Waals surface area contributed by atoms with Crippen molar-refractivity contribution in [2.45, 2.75) is 6.92 Å². The maximum Gasteiger partial charge on any atom is 0.257 e. The molecule has 108 valence electrons. The summed E-state index contributed by atoms with van der Waals surface area (Å²) < 4.78 is 1.83. The fourth-order valence-electron chi connectivity index (χ4n) is 1.54. The summed E-state index contributed by atoms with van der Waals surface area (Å²) in [7, 11) is 0. The van der Waals surface area contributed by atoms with Gasteiger partial charge in [-0.3, -0.25) is 10.1 Å². The van der Waals surface area contributed by atoms with Crippen molar-refractivity contribution in [1.29, 1.82) is 0 Å². The maximum atomic E-state index is 12.0. The average molecular weight is 429 g/mol. The number of aromatic nitrogens is 1. The first-order chi connectivity index (χ1) is 9.95. The third-order valence-corrected chi connectivity index (χ3v) is 4.17. The van der Waals surface area contributed by atoms with E-state index in [2.05, 4.69) is 47.5 Å². The second-order valence-corrected chi connectivity index (χ2v) is 6.36. The topological polar surface area (TPSA) is 54.0 Å². The molecule has 0 saturated carbocycles. The lowest BCUT2D eigenvalue weighted by atomic mass is 10.2. The van der Waals surface area contributed by atoms with Crippen LogP contribution in [-0.2, 0) is 0 Å². The lowest BCUT2D eigenvalue weighted by Gasteiger charge is -2.10. The molecular weight excluding hydrogens is 418 g/mol. The second-order valence-electron chi connectivity index (χ2n) is 4.18. The number of aryl methyl sites for hydroxylation is 1. The Morgan fingerprint density at radius 3 is 2.43 bits per heavy atom. The van der Waals surface area contributed by atoms with Crippen LogP contribution in [0.2, 0.25) is 0 Å². The van der Waals surface area contributed by atoms with Crippen LogP contribution >= 0.6 is 44.1 Å². The molecule has 0 aliphatic heterocycles. The van der Waals surface area contributed by atoms with E-state index in [9.17, 15) is 4.79 Å². The fraction of sp³-hybridized carbons (Fsp3) is 0.0714. The number of benzene rings is 1. The van der Waals surface area contributed by atoms with Crippen LogP contribution in [0.4, 0.5) is 5.82 Å². The summed E-state index contributed by atoms with van der Waals surface area (Å²) in [5.41, 5.74) is 1.37. The molecule has 1 aromatic carbocycles. The van der Waals surface area contributed by atoms with Gasteiger partial charge in [0, 0.05) is 14.5 Å². The Hall–Kier alpha value is -1.31. The van der Waals surface area contributed by atoms with Crippen LogP contribution < -0.4 is 10.6 Å². The predicted octanol–water partition coefficient (Wildman–Crippen LogP) is 4.04. The fourth-order valence-corrected chi connectivity index (χ4v) is 2.22. The number of pyridine rings is 1. The third kappa shape index (κ3) is 4.59. The van der Waals surface area contributed by atoms with Gasteiger partial charge in [0.1, 0.15) is 5.82 Å². The van der Waals surface area contributed by atoms with Gasteiger partial charge < -0.3 is 5.32 Å². The van der Waals surface area contributed by atoms with Crippen molar-refractivity contribution in [3.05, 3.63) is 56.6 Å². The number of hydrogen-bond donors (Lipinski definition) is 2. The molecule has 2 rings (SSSR count). The van der Waals surface area contributed by atoms with Crippen LogP contribution in [-0.4, -0.2) is 16.0 Å². The highest BCUT2D eigenvalue weighted by atomic mass is 79.9. The van der Waals surface area contributed by atoms with E-state index >= 15 is 0 Å². The zero-order valence-electron chi connectivity index (χ0n) is 11.0. The van der Waals surface area contributed by atoms with Gasteiger partial charge in [-0.05, 0) is 71.5 Å². The van der Waals surface area contributed by atoms with E-state index in [1.807, 2.05) is 13.0 Å². The number of hydrogen-bond acceptors (Lipinski definition) is 3. The van der Waals surface area contributed by atoms with E-state index in [1.165, 1.54) is 0 Å². The van der Waals surface area contributed by atoms with Gasteiger partial charge in [-0.1, -0.05) is 15.9 Å². The van der Waals surface area contributed by atoms with E-state index in [4.69, 9.17) is 12.2 Å². The number of carbonyl (C=O) groups excluding carboxylic acids is 1. The summed E-state index contributed by atoms with van der Waals surface area (Å²) in [5.74, 6) is 0.311. The van der Waals surface area contributed by atoms with Gasteiger partial charge in [0.25, 0.3) is 5.91 Å². The third-order valence-electron chi connectivity index (χ3n) is 2.60. The van der Waals surface area contributed by atoms with E-state index in [1.54, 1.807) is 30.3 Å². The van der Waals surface area contributed by atoms with Gasteiger partial charge in [-0.25, -0.2) is 4.98 Å². The average Bonchev–Trinajstić information content (AvgIpc) is 2.43. The number of anilines is 1. The minimum Gasteiger partial charge on any atom is -0.317 e. The SMILES string of the molecule is Cc1nc(NC(=S)NC(=O)c2ccc(Br)cc2)ccc1Br. The molecule has 0 spiro atoms. The summed E-state index contributed by atoms with van der Waals surface area (Å²) in [6, 6.07) is 10.7. The Morgan fingerprint density at radius 1 is 1.14 bits per heavy atom. The zero-order chi connectivity index (χ0) is 15.4. The summed E-state index contributed by atoms with van der Waals surface area (Å²) in [4.78, 5) is 16.3. The largest absolute Gasteiger partial charge is 0.317 e. The van der Waals surface area contributed by atoms with Crippen molar-refractivity contribution in [1.82, 2.24) is 10.3 Å². The first-order valence-corrected chi connectivity index (χ1v) is 7.96. The molecule has 0 atom stereocenters. The summed E-state index contributed by atoms with van der Waals surface area (Å²) in [6.45, 7) is 1.87. The molecule has 0 unspecified atom stereocenters. The molecule has 4 nitrogen and oxygen atoms in total. The molecule has 7 heteroatoms. The van der Waals surface area contributed by atoms with Crippen LogP contribution in [0.15, 0.2) is 45.3 Å². The first-order valence-electron chi connectivity index (χ1n) is 5.97. The van der Waals surface area contributed by atoms with Crippen LogP contribution in [0.25, 0.3) is 0 Å². The molecule has 2 aromatic rings. The highest BCUT2D eigenvalue weighted by Crippen LogP contribution is 2.16. The van der Waals surface area contributed by atoms with Crippen LogP contribution in [0, 0.1) is 6.92 Å². The number of carbonyl (C=O) groups is 1. The van der Waals surface area contributed by atoms with Gasteiger partial charge in [0.2, 0.25) is 0 Å². The molecule has 0 radical (unpaired) electrons. The van der Waals surface area contributed by atoms with Gasteiger partial charge in [0.05, 0.1) is 5.69 Å². The molecule has 1 heterocycles. The standard InChI is InChI=1S/C14H11Br2N3OS/c1-8-11(16)6-7-12(17-8)18-14(21)19-13(20)9-2-4-10(15)5-3-9/h2-7H,1H3,(H2,17,18,19,20,21). The van der Waals surface area contributed by atoms with Gasteiger partial charge >= 0.3 is 0 Å². The summed E-state index contributed by atoms with van der Waals surface area (Å²) >= 11 is 11.8. The molecule has 0 saturated heterocycles. The van der Waals surface area contributed by atoms with Crippen molar-refractivity contribution in [2.24, 2.45) is 0 Å². The smallest absolute Gasteiger partial charge is 0.257 e. The Balaban J connectivity index is 1.99. The van der Waals surface area contributed by atoms with Gasteiger partial charge in [-0.15, -0.1) is 0 Å². The number of nitrogens with zero attached hydrogens (tertiary/aromatic N) is 1. The normalized spacial score (nSPS) is 10.0. The van der Waals surface area contributed by atoms with Crippen LogP contribution in [0.5, 0.6) is 0 Å². The first kappa shape index (κ1) is 16.1. The predicted molar refractivity (Wildman–Crippen MR) is 94.5 cm³/mol. The van der Waals surface area contributed by atoms with Crippen molar-refractivity contribution in [2.75, 3.05) is 5.32 Å². The molecule has 0 aliphatic rings. The van der Waals surface area contributed by atoms with Crippen molar-refractivity contribution in [3.63, 3.8) is 0 Å². The molecular formula is C14H11Br2N3OS. The lowest BCUT2D eigenvalue weighted by molar-refractivity contribution is 0.0977. The molecule has 0 fully saturated rings. The van der Waals surface area contributed by atoms with E-state index in [0.717, 1.165) is 14.6 Å². The van der Waals surface area contributed by atoms with E-state index in [0.29, 0.717) is 11.4 Å². The number of rotatable bonds is 2. The second kappa shape index (κ2) is 7.11. The molecule has 0 aliphatic carbocycles. The minimum absolute atomic E-state index is 0.206. The van der Waals surface area contributed by atoms with Gasteiger partial charge in [-0.2, -0.15) is 0 Å². The highest BCUT2D eigenvalue weighted by molar-refractivity contribution is 9.10. The molecule has 1 aromatic heterocycles. The Morgan fingerprint density at radius 2 is 1.81 bits per heavy atom. The number of thiocarbonyl (C=S) groups is 1. The zero-order valence-corrected chi connectivity index (χ0v) is 15.0. The van der Waals surface area contributed by atoms with Gasteiger partial charge in [0.15, 0.2) is 5.11 Å². The van der Waals surface area contributed by atoms with Crippen molar-refractivity contribution >= 4 is 60.9 Å². The molecule has 2 N–H and O–H groups in total. The summed E-state index contributed by atoms with van der Waals surface area (Å²) in [6.07, 6.45) is 0. The number of halogens is 2. The van der Waals surface area contributed by atoms with E-state index < -0.39 is 0 Å². The Kier molecular flexibility index (Phi) is 5.44. The quantitative estimate of drug-likeness (QED) is 0.708. The van der Waals surface area contributed by atoms with Crippen LogP contribution in [0.1, 0.15) is 16.1 Å². The maximum absolute atomic E-state index is 12.0. The minimum atomic E-state index is -0.270. The highest BCUT2D eigenvalue weighted by Gasteiger charge is 2.08. The molecule has 21 heavy (non-hydrogen) atoms. The van der Waals surface area contributed by atoms with Crippen LogP contribution in [0.3, 0.4) is 0 Å². The molecule has 1 amide bonds. The van der Waals surface area contributed by atoms with Crippen molar-refractivity contribution in [3.8, 4) is 0 Å². The monoisotopic (exact) mass is 427 g/mol. The molecule has 0 bridgehead atoms. The number of amides is 1. The Labute approximate surface area is 144 Å². The number of nitrogens with one attached hydrogen (secondary N) is 2. The lowest BCUT2D eigenvalue weighted by Crippen LogP contribution is -2.34.